The number of nitrogens with zero attached hydrogens (tertiary/aromatic N) is 3. The van der Waals surface area contributed by atoms with E-state index in [-0.39, 0.29) is 28.3 Å². The number of sulfonamides is 1. The van der Waals surface area contributed by atoms with Crippen molar-refractivity contribution in [2.75, 3.05) is 24.4 Å². The third-order valence-corrected chi connectivity index (χ3v) is 7.70. The highest BCUT2D eigenvalue weighted by atomic mass is 32.2. The first-order chi connectivity index (χ1) is 16.4. The number of hydrogen-bond acceptors (Lipinski definition) is 5. The molecule has 0 bridgehead atoms. The van der Waals surface area contributed by atoms with Gasteiger partial charge in [0.25, 0.3) is 21.8 Å². The molecule has 2 amide bonds. The molecule has 8 nitrogen and oxygen atoms in total. The van der Waals surface area contributed by atoms with Crippen LogP contribution < -0.4 is 9.62 Å². The summed E-state index contributed by atoms with van der Waals surface area (Å²) in [6.07, 6.45) is 4.42. The van der Waals surface area contributed by atoms with Gasteiger partial charge in [0.2, 0.25) is 0 Å². The number of piperidine rings is 1. The van der Waals surface area contributed by atoms with Gasteiger partial charge in [-0.2, -0.15) is 0 Å². The molecule has 1 fully saturated rings. The first kappa shape index (κ1) is 23.4. The van der Waals surface area contributed by atoms with Gasteiger partial charge < -0.3 is 10.2 Å². The molecule has 1 aliphatic heterocycles. The molecular formula is C25H26N4O4S. The maximum atomic E-state index is 13.1. The number of rotatable bonds is 6. The lowest BCUT2D eigenvalue weighted by atomic mass is 10.0. The van der Waals surface area contributed by atoms with E-state index in [1.54, 1.807) is 65.8 Å². The minimum atomic E-state index is -3.82. The van der Waals surface area contributed by atoms with Crippen molar-refractivity contribution in [2.24, 2.45) is 0 Å². The van der Waals surface area contributed by atoms with Crippen molar-refractivity contribution in [3.8, 4) is 0 Å². The molecule has 1 aliphatic rings. The SMILES string of the molecule is CN(c1ccccc1)S(=O)(=O)c1cccc(C(=O)NC2CCN(C(=O)c3ccncc3)CC2)c1. The summed E-state index contributed by atoms with van der Waals surface area (Å²) in [5.74, 6) is -0.383. The van der Waals surface area contributed by atoms with E-state index in [9.17, 15) is 18.0 Å². The molecule has 0 radical (unpaired) electrons. The minimum absolute atomic E-state index is 0.0456. The average molecular weight is 479 g/mol. The van der Waals surface area contributed by atoms with Crippen LogP contribution in [0.5, 0.6) is 0 Å². The Kier molecular flexibility index (Phi) is 6.93. The van der Waals surface area contributed by atoms with Crippen molar-refractivity contribution in [2.45, 2.75) is 23.8 Å². The molecule has 34 heavy (non-hydrogen) atoms. The summed E-state index contributed by atoms with van der Waals surface area (Å²) in [6, 6.07) is 18.1. The lowest BCUT2D eigenvalue weighted by Gasteiger charge is -2.32. The molecular weight excluding hydrogens is 452 g/mol. The number of likely N-dealkylation sites (tertiary alicyclic amines) is 1. The summed E-state index contributed by atoms with van der Waals surface area (Å²) in [5, 5.41) is 2.98. The molecule has 1 aromatic heterocycles. The maximum Gasteiger partial charge on any atom is 0.264 e. The quantitative estimate of drug-likeness (QED) is 0.587. The van der Waals surface area contributed by atoms with E-state index in [1.807, 2.05) is 6.07 Å². The predicted octanol–water partition coefficient (Wildman–Crippen LogP) is 2.94. The zero-order valence-electron chi connectivity index (χ0n) is 18.8. The van der Waals surface area contributed by atoms with Gasteiger partial charge in [0.05, 0.1) is 10.6 Å². The molecule has 0 unspecified atom stereocenters. The van der Waals surface area contributed by atoms with Crippen LogP contribution >= 0.6 is 0 Å². The molecule has 4 rings (SSSR count). The number of aromatic nitrogens is 1. The molecule has 2 aromatic carbocycles. The van der Waals surface area contributed by atoms with E-state index in [2.05, 4.69) is 10.3 Å². The fourth-order valence-electron chi connectivity index (χ4n) is 3.91. The molecule has 0 spiro atoms. The topological polar surface area (TPSA) is 99.7 Å². The molecule has 1 N–H and O–H groups in total. The zero-order chi connectivity index (χ0) is 24.1. The Morgan fingerprint density at radius 1 is 0.941 bits per heavy atom. The van der Waals surface area contributed by atoms with Gasteiger partial charge in [-0.25, -0.2) is 8.42 Å². The number of pyridine rings is 1. The molecule has 1 saturated heterocycles. The molecule has 2 heterocycles. The largest absolute Gasteiger partial charge is 0.349 e. The van der Waals surface area contributed by atoms with Gasteiger partial charge in [-0.15, -0.1) is 0 Å². The number of para-hydroxylation sites is 1. The third-order valence-electron chi connectivity index (χ3n) is 5.92. The van der Waals surface area contributed by atoms with E-state index in [0.717, 1.165) is 0 Å². The zero-order valence-corrected chi connectivity index (χ0v) is 19.6. The maximum absolute atomic E-state index is 13.1. The summed E-state index contributed by atoms with van der Waals surface area (Å²) in [7, 11) is -2.34. The van der Waals surface area contributed by atoms with Gasteiger partial charge in [-0.05, 0) is 55.3 Å². The van der Waals surface area contributed by atoms with Crippen LogP contribution in [-0.2, 0) is 10.0 Å². The Labute approximate surface area is 199 Å². The summed E-state index contributed by atoms with van der Waals surface area (Å²) >= 11 is 0. The summed E-state index contributed by atoms with van der Waals surface area (Å²) in [5.41, 5.74) is 1.40. The van der Waals surface area contributed by atoms with Gasteiger partial charge in [0.15, 0.2) is 0 Å². The Balaban J connectivity index is 1.39. The molecule has 0 aliphatic carbocycles. The Hall–Kier alpha value is -3.72. The van der Waals surface area contributed by atoms with Gasteiger partial charge >= 0.3 is 0 Å². The Morgan fingerprint density at radius 3 is 2.29 bits per heavy atom. The van der Waals surface area contributed by atoms with Gasteiger partial charge in [0.1, 0.15) is 0 Å². The Bertz CT molecular complexity index is 1260. The summed E-state index contributed by atoms with van der Waals surface area (Å²) < 4.78 is 27.3. The number of anilines is 1. The van der Waals surface area contributed by atoms with Crippen LogP contribution in [-0.4, -0.2) is 56.3 Å². The van der Waals surface area contributed by atoms with Crippen molar-refractivity contribution >= 4 is 27.5 Å². The predicted molar refractivity (Wildman–Crippen MR) is 129 cm³/mol. The molecule has 176 valence electrons. The second-order valence-corrected chi connectivity index (χ2v) is 10.1. The first-order valence-electron chi connectivity index (χ1n) is 11.0. The highest BCUT2D eigenvalue weighted by molar-refractivity contribution is 7.92. The lowest BCUT2D eigenvalue weighted by molar-refractivity contribution is 0.0698. The van der Waals surface area contributed by atoms with Crippen LogP contribution in [0.1, 0.15) is 33.6 Å². The highest BCUT2D eigenvalue weighted by Crippen LogP contribution is 2.22. The molecule has 9 heteroatoms. The van der Waals surface area contributed by atoms with Gasteiger partial charge in [-0.3, -0.25) is 18.9 Å². The van der Waals surface area contributed by atoms with Crippen LogP contribution in [0.4, 0.5) is 5.69 Å². The van der Waals surface area contributed by atoms with E-state index >= 15 is 0 Å². The van der Waals surface area contributed by atoms with Crippen LogP contribution in [0.15, 0.2) is 84.0 Å². The molecule has 0 atom stereocenters. The highest BCUT2D eigenvalue weighted by Gasteiger charge is 2.26. The van der Waals surface area contributed by atoms with Crippen molar-refractivity contribution < 1.29 is 18.0 Å². The average Bonchev–Trinajstić information content (AvgIpc) is 2.89. The fourth-order valence-corrected chi connectivity index (χ4v) is 5.15. The standard InChI is InChI=1S/C25H26N4O4S/c1-28(22-7-3-2-4-8-22)34(32,33)23-9-5-6-20(18-23)24(30)27-21-12-16-29(17-13-21)25(31)19-10-14-26-15-11-19/h2-11,14-15,18,21H,12-13,16-17H2,1H3,(H,27,30). The molecule has 3 aromatic rings. The van der Waals surface area contributed by atoms with E-state index < -0.39 is 10.0 Å². The second kappa shape index (κ2) is 10.0. The minimum Gasteiger partial charge on any atom is -0.349 e. The van der Waals surface area contributed by atoms with Crippen molar-refractivity contribution in [3.63, 3.8) is 0 Å². The van der Waals surface area contributed by atoms with Crippen molar-refractivity contribution in [1.82, 2.24) is 15.2 Å². The van der Waals surface area contributed by atoms with E-state index in [4.69, 9.17) is 0 Å². The number of hydrogen-bond donors (Lipinski definition) is 1. The number of amides is 2. The van der Waals surface area contributed by atoms with Gasteiger partial charge in [-0.1, -0.05) is 24.3 Å². The molecule has 0 saturated carbocycles. The normalized spacial score (nSPS) is 14.4. The van der Waals surface area contributed by atoms with Crippen molar-refractivity contribution in [1.29, 1.82) is 0 Å². The van der Waals surface area contributed by atoms with Crippen LogP contribution in [0.3, 0.4) is 0 Å². The lowest BCUT2D eigenvalue weighted by Crippen LogP contribution is -2.46. The first-order valence-corrected chi connectivity index (χ1v) is 12.4. The summed E-state index contributed by atoms with van der Waals surface area (Å²) in [6.45, 7) is 1.06. The number of carbonyl (C=O) groups is 2. The van der Waals surface area contributed by atoms with Crippen molar-refractivity contribution in [3.05, 3.63) is 90.3 Å². The van der Waals surface area contributed by atoms with Gasteiger partial charge in [0, 0.05) is 49.7 Å². The number of benzene rings is 2. The monoisotopic (exact) mass is 478 g/mol. The van der Waals surface area contributed by atoms with Crippen LogP contribution in [0.2, 0.25) is 0 Å². The second-order valence-electron chi connectivity index (χ2n) is 8.11. The Morgan fingerprint density at radius 2 is 1.62 bits per heavy atom. The van der Waals surface area contributed by atoms with Crippen LogP contribution in [0.25, 0.3) is 0 Å². The van der Waals surface area contributed by atoms with E-state index in [0.29, 0.717) is 37.2 Å². The number of carbonyl (C=O) groups excluding carboxylic acids is 2. The fraction of sp³-hybridized carbons (Fsp3) is 0.240. The number of nitrogens with one attached hydrogen (secondary N) is 1. The van der Waals surface area contributed by atoms with E-state index in [1.165, 1.54) is 23.5 Å². The summed E-state index contributed by atoms with van der Waals surface area (Å²) in [4.78, 5) is 31.2. The van der Waals surface area contributed by atoms with Crippen LogP contribution in [0, 0.1) is 0 Å². The third kappa shape index (κ3) is 5.09. The smallest absolute Gasteiger partial charge is 0.264 e.